The van der Waals surface area contributed by atoms with E-state index in [1.54, 1.807) is 12.1 Å². The molecule has 2 rings (SSSR count). The number of halogens is 3. The summed E-state index contributed by atoms with van der Waals surface area (Å²) in [6.45, 7) is 1.87. The van der Waals surface area contributed by atoms with Gasteiger partial charge in [-0.15, -0.1) is 0 Å². The fourth-order valence-electron chi connectivity index (χ4n) is 2.43. The molecule has 1 aromatic rings. The van der Waals surface area contributed by atoms with Crippen molar-refractivity contribution in [2.75, 3.05) is 6.54 Å². The van der Waals surface area contributed by atoms with Crippen LogP contribution in [0.3, 0.4) is 0 Å². The summed E-state index contributed by atoms with van der Waals surface area (Å²) >= 11 is 0. The van der Waals surface area contributed by atoms with E-state index < -0.39 is 40.7 Å². The predicted octanol–water partition coefficient (Wildman–Crippen LogP) is 1.62. The normalized spacial score (nSPS) is 25.2. The number of aryl methyl sites for hydroxylation is 1. The summed E-state index contributed by atoms with van der Waals surface area (Å²) in [5.41, 5.74) is -0.855. The number of benzene rings is 1. The van der Waals surface area contributed by atoms with Gasteiger partial charge in [-0.2, -0.15) is 26.3 Å². The molecule has 0 saturated heterocycles. The summed E-state index contributed by atoms with van der Waals surface area (Å²) in [6, 6.07) is 7.27. The lowest BCUT2D eigenvalue weighted by Gasteiger charge is -2.44. The average Bonchev–Trinajstić information content (AvgIpc) is 2.40. The third kappa shape index (κ3) is 4.66. The van der Waals surface area contributed by atoms with Crippen LogP contribution in [0.2, 0.25) is 0 Å². The number of rotatable bonds is 6. The zero-order valence-corrected chi connectivity index (χ0v) is 13.3. The van der Waals surface area contributed by atoms with Gasteiger partial charge in [0.2, 0.25) is 0 Å². The molecule has 1 aliphatic carbocycles. The molecule has 0 amide bonds. The Kier molecular flexibility index (Phi) is 5.05. The Morgan fingerprint density at radius 2 is 1.78 bits per heavy atom. The molecule has 0 bridgehead atoms. The zero-order chi connectivity index (χ0) is 17.3. The van der Waals surface area contributed by atoms with E-state index in [0.717, 1.165) is 11.1 Å². The van der Waals surface area contributed by atoms with Crippen molar-refractivity contribution in [3.63, 3.8) is 0 Å². The summed E-state index contributed by atoms with van der Waals surface area (Å²) in [5, 5.41) is 9.30. The second kappa shape index (κ2) is 6.39. The van der Waals surface area contributed by atoms with Crippen molar-refractivity contribution in [1.82, 2.24) is 9.44 Å². The van der Waals surface area contributed by atoms with Gasteiger partial charge in [-0.05, 0) is 31.2 Å². The topological polar surface area (TPSA) is 78.4 Å². The molecule has 130 valence electrons. The van der Waals surface area contributed by atoms with E-state index >= 15 is 0 Å². The Hall–Kier alpha value is -1.16. The summed E-state index contributed by atoms with van der Waals surface area (Å²) < 4.78 is 65.5. The van der Waals surface area contributed by atoms with E-state index in [1.807, 2.05) is 19.1 Å². The first-order chi connectivity index (χ1) is 10.5. The standard InChI is InChI=1S/C14H19F3N2O3S/c1-10-2-4-11(5-3-10)8-18-23(21,22)19-9-12-6-13(20,7-12)14(15,16)17/h2-5,12,18-20H,6-9H2,1H3. The minimum Gasteiger partial charge on any atom is -0.380 e. The molecule has 9 heteroatoms. The van der Waals surface area contributed by atoms with Gasteiger partial charge in [-0.3, -0.25) is 0 Å². The molecule has 1 saturated carbocycles. The van der Waals surface area contributed by atoms with E-state index in [2.05, 4.69) is 9.44 Å². The van der Waals surface area contributed by atoms with Crippen LogP contribution in [0.4, 0.5) is 13.2 Å². The number of nitrogens with one attached hydrogen (secondary N) is 2. The summed E-state index contributed by atoms with van der Waals surface area (Å²) in [4.78, 5) is 0. The van der Waals surface area contributed by atoms with E-state index in [9.17, 15) is 26.7 Å². The van der Waals surface area contributed by atoms with Crippen LogP contribution in [-0.4, -0.2) is 31.8 Å². The van der Waals surface area contributed by atoms with Gasteiger partial charge in [0.1, 0.15) is 0 Å². The van der Waals surface area contributed by atoms with Crippen molar-refractivity contribution in [3.05, 3.63) is 35.4 Å². The van der Waals surface area contributed by atoms with Crippen LogP contribution in [0.5, 0.6) is 0 Å². The minimum absolute atomic E-state index is 0.0900. The van der Waals surface area contributed by atoms with Crippen molar-refractivity contribution < 1.29 is 26.7 Å². The van der Waals surface area contributed by atoms with Gasteiger partial charge in [-0.1, -0.05) is 29.8 Å². The van der Waals surface area contributed by atoms with Crippen molar-refractivity contribution in [2.45, 2.75) is 38.1 Å². The third-order valence-electron chi connectivity index (χ3n) is 3.93. The van der Waals surface area contributed by atoms with Gasteiger partial charge >= 0.3 is 6.18 Å². The summed E-state index contributed by atoms with van der Waals surface area (Å²) in [7, 11) is -3.80. The van der Waals surface area contributed by atoms with Gasteiger partial charge < -0.3 is 5.11 Å². The van der Waals surface area contributed by atoms with Crippen LogP contribution >= 0.6 is 0 Å². The maximum Gasteiger partial charge on any atom is 0.417 e. The minimum atomic E-state index is -4.67. The highest BCUT2D eigenvalue weighted by Gasteiger charge is 2.60. The second-order valence-electron chi connectivity index (χ2n) is 5.96. The molecule has 3 N–H and O–H groups in total. The Morgan fingerprint density at radius 1 is 1.22 bits per heavy atom. The average molecular weight is 352 g/mol. The lowest BCUT2D eigenvalue weighted by Crippen LogP contribution is -2.57. The van der Waals surface area contributed by atoms with E-state index in [0.29, 0.717) is 0 Å². The molecule has 0 aromatic heterocycles. The lowest BCUT2D eigenvalue weighted by atomic mass is 9.70. The number of hydrogen-bond acceptors (Lipinski definition) is 3. The van der Waals surface area contributed by atoms with Crippen molar-refractivity contribution in [1.29, 1.82) is 0 Å². The zero-order valence-electron chi connectivity index (χ0n) is 12.5. The Bertz CT molecular complexity index is 638. The highest BCUT2D eigenvalue weighted by atomic mass is 32.2. The van der Waals surface area contributed by atoms with Crippen molar-refractivity contribution in [2.24, 2.45) is 5.92 Å². The molecule has 1 aliphatic rings. The molecule has 0 heterocycles. The fourth-order valence-corrected chi connectivity index (χ4v) is 3.35. The molecule has 0 atom stereocenters. The Morgan fingerprint density at radius 3 is 2.30 bits per heavy atom. The van der Waals surface area contributed by atoms with Crippen LogP contribution in [0, 0.1) is 12.8 Å². The van der Waals surface area contributed by atoms with Gasteiger partial charge in [0.15, 0.2) is 5.60 Å². The van der Waals surface area contributed by atoms with Gasteiger partial charge in [0.05, 0.1) is 0 Å². The van der Waals surface area contributed by atoms with Gasteiger partial charge in [0, 0.05) is 13.1 Å². The van der Waals surface area contributed by atoms with E-state index in [1.165, 1.54) is 0 Å². The third-order valence-corrected chi connectivity index (χ3v) is 5.00. The maximum absolute atomic E-state index is 12.5. The lowest BCUT2D eigenvalue weighted by molar-refractivity contribution is -0.298. The first-order valence-electron chi connectivity index (χ1n) is 7.10. The quantitative estimate of drug-likeness (QED) is 0.728. The maximum atomic E-state index is 12.5. The highest BCUT2D eigenvalue weighted by molar-refractivity contribution is 7.87. The Labute approximate surface area is 133 Å². The summed E-state index contributed by atoms with van der Waals surface area (Å²) in [6.07, 6.45) is -5.65. The molecular formula is C14H19F3N2O3S. The first-order valence-corrected chi connectivity index (χ1v) is 8.58. The molecular weight excluding hydrogens is 333 g/mol. The first kappa shape index (κ1) is 18.2. The van der Waals surface area contributed by atoms with Crippen molar-refractivity contribution in [3.8, 4) is 0 Å². The van der Waals surface area contributed by atoms with Crippen LogP contribution < -0.4 is 9.44 Å². The highest BCUT2D eigenvalue weighted by Crippen LogP contribution is 2.48. The van der Waals surface area contributed by atoms with Gasteiger partial charge in [-0.25, -0.2) is 4.72 Å². The van der Waals surface area contributed by atoms with Crippen LogP contribution in [0.1, 0.15) is 24.0 Å². The Balaban J connectivity index is 1.76. The van der Waals surface area contributed by atoms with E-state index in [-0.39, 0.29) is 13.1 Å². The second-order valence-corrected chi connectivity index (χ2v) is 7.55. The number of alkyl halides is 3. The van der Waals surface area contributed by atoms with E-state index in [4.69, 9.17) is 0 Å². The van der Waals surface area contributed by atoms with Crippen LogP contribution in [-0.2, 0) is 16.8 Å². The molecule has 23 heavy (non-hydrogen) atoms. The molecule has 0 radical (unpaired) electrons. The largest absolute Gasteiger partial charge is 0.417 e. The van der Waals surface area contributed by atoms with Crippen LogP contribution in [0.25, 0.3) is 0 Å². The molecule has 1 fully saturated rings. The number of aliphatic hydroxyl groups is 1. The molecule has 0 spiro atoms. The molecule has 0 unspecified atom stereocenters. The monoisotopic (exact) mass is 352 g/mol. The van der Waals surface area contributed by atoms with Crippen molar-refractivity contribution >= 4 is 10.2 Å². The number of hydrogen-bond donors (Lipinski definition) is 3. The molecule has 0 aliphatic heterocycles. The SMILES string of the molecule is Cc1ccc(CNS(=O)(=O)NCC2CC(O)(C(F)(F)F)C2)cc1. The predicted molar refractivity (Wildman–Crippen MR) is 78.7 cm³/mol. The molecule has 1 aromatic carbocycles. The van der Waals surface area contributed by atoms with Gasteiger partial charge in [0.25, 0.3) is 10.2 Å². The fraction of sp³-hybridized carbons (Fsp3) is 0.571. The summed E-state index contributed by atoms with van der Waals surface area (Å²) in [5.74, 6) is -0.530. The van der Waals surface area contributed by atoms with Crippen LogP contribution in [0.15, 0.2) is 24.3 Å². The molecule has 5 nitrogen and oxygen atoms in total. The smallest absolute Gasteiger partial charge is 0.380 e.